The zero-order chi connectivity index (χ0) is 27.5. The Labute approximate surface area is 266 Å². The summed E-state index contributed by atoms with van der Waals surface area (Å²) < 4.78 is 7.91. The van der Waals surface area contributed by atoms with E-state index in [0.717, 1.165) is 24.4 Å². The molecular formula is C31H48Br2N2O5S. The quantitative estimate of drug-likeness (QED) is 0.162. The number of hydrogen-bond acceptors (Lipinski definition) is 6. The lowest BCUT2D eigenvalue weighted by molar-refractivity contribution is 0.0662. The smallest absolute Gasteiger partial charge is 0.371 e. The van der Waals surface area contributed by atoms with Crippen LogP contribution in [0.1, 0.15) is 95.9 Å². The molecule has 0 spiro atoms. The number of carboxylic acids is 2. The highest BCUT2D eigenvalue weighted by atomic mass is 79.9. The van der Waals surface area contributed by atoms with Crippen molar-refractivity contribution in [1.29, 1.82) is 0 Å². The van der Waals surface area contributed by atoms with E-state index in [1.807, 2.05) is 38.1 Å². The van der Waals surface area contributed by atoms with E-state index in [9.17, 15) is 9.59 Å². The van der Waals surface area contributed by atoms with Gasteiger partial charge in [-0.1, -0.05) is 101 Å². The van der Waals surface area contributed by atoms with Gasteiger partial charge < -0.3 is 26.1 Å². The van der Waals surface area contributed by atoms with E-state index in [0.29, 0.717) is 22.5 Å². The summed E-state index contributed by atoms with van der Waals surface area (Å²) in [7, 11) is 0. The fraction of sp³-hybridized carbons (Fsp3) is 0.419. The van der Waals surface area contributed by atoms with Gasteiger partial charge in [0.05, 0.1) is 0 Å². The molecule has 1 saturated carbocycles. The molecule has 41 heavy (non-hydrogen) atoms. The molecule has 1 fully saturated rings. The minimum Gasteiger partial charge on any atom is -0.477 e. The van der Waals surface area contributed by atoms with Gasteiger partial charge in [0.1, 0.15) is 10.5 Å². The van der Waals surface area contributed by atoms with Crippen molar-refractivity contribution in [1.82, 2.24) is 0 Å². The summed E-state index contributed by atoms with van der Waals surface area (Å²) in [6, 6.07) is 15.2. The highest BCUT2D eigenvalue weighted by molar-refractivity contribution is 9.10. The molecule has 2 aromatic heterocycles. The van der Waals surface area contributed by atoms with Crippen LogP contribution in [0.15, 0.2) is 61.9 Å². The van der Waals surface area contributed by atoms with E-state index < -0.39 is 11.9 Å². The number of hydrogen-bond donors (Lipinski definition) is 4. The summed E-state index contributed by atoms with van der Waals surface area (Å²) in [6.45, 7) is 3.89. The Morgan fingerprint density at radius 3 is 1.83 bits per heavy atom. The third kappa shape index (κ3) is 15.5. The molecule has 1 aliphatic rings. The number of aromatic carboxylic acids is 2. The lowest BCUT2D eigenvalue weighted by Crippen LogP contribution is -2.22. The minimum atomic E-state index is -1.05. The molecule has 6 N–H and O–H groups in total. The van der Waals surface area contributed by atoms with Gasteiger partial charge >= 0.3 is 11.9 Å². The largest absolute Gasteiger partial charge is 0.477 e. The summed E-state index contributed by atoms with van der Waals surface area (Å²) in [5.41, 5.74) is 11.3. The summed E-state index contributed by atoms with van der Waals surface area (Å²) in [5.74, 6) is -1.95. The first-order valence-corrected chi connectivity index (χ1v) is 14.2. The summed E-state index contributed by atoms with van der Waals surface area (Å²) >= 11 is 7.90. The molecule has 0 saturated heterocycles. The maximum absolute atomic E-state index is 10.7. The number of rotatable bonds is 2. The summed E-state index contributed by atoms with van der Waals surface area (Å²) in [6.07, 6.45) is 6.66. The molecule has 2 aromatic carbocycles. The van der Waals surface area contributed by atoms with Crippen LogP contribution in [0.25, 0.3) is 21.1 Å². The molecular weight excluding hydrogens is 672 g/mol. The third-order valence-electron chi connectivity index (χ3n) is 5.04. The molecule has 0 amide bonds. The van der Waals surface area contributed by atoms with E-state index in [1.54, 1.807) is 18.2 Å². The average molecular weight is 721 g/mol. The van der Waals surface area contributed by atoms with Crippen LogP contribution in [0.5, 0.6) is 0 Å². The van der Waals surface area contributed by atoms with Crippen LogP contribution in [0.3, 0.4) is 0 Å². The van der Waals surface area contributed by atoms with Gasteiger partial charge in [-0.15, -0.1) is 11.3 Å². The van der Waals surface area contributed by atoms with Crippen LogP contribution in [0, 0.1) is 0 Å². The van der Waals surface area contributed by atoms with Crippen molar-refractivity contribution in [2.75, 3.05) is 0 Å². The van der Waals surface area contributed by atoms with Gasteiger partial charge in [0, 0.05) is 25.1 Å². The Bertz CT molecular complexity index is 1220. The Hall–Kier alpha value is -2.24. The van der Waals surface area contributed by atoms with Crippen molar-refractivity contribution in [3.05, 3.63) is 68.1 Å². The first kappa shape index (κ1) is 43.2. The fourth-order valence-electron chi connectivity index (χ4n) is 3.35. The van der Waals surface area contributed by atoms with Gasteiger partial charge in [0.2, 0.25) is 5.76 Å². The zero-order valence-corrected chi connectivity index (χ0v) is 24.7. The van der Waals surface area contributed by atoms with Crippen molar-refractivity contribution in [2.24, 2.45) is 11.5 Å². The summed E-state index contributed by atoms with van der Waals surface area (Å²) in [5, 5.41) is 19.2. The lowest BCUT2D eigenvalue weighted by atomic mass is 9.97. The summed E-state index contributed by atoms with van der Waals surface area (Å²) in [4.78, 5) is 21.6. The topological polar surface area (TPSA) is 140 Å². The van der Waals surface area contributed by atoms with Gasteiger partial charge in [0.15, 0.2) is 0 Å². The molecule has 0 unspecified atom stereocenters. The molecule has 1 aliphatic carbocycles. The molecule has 0 bridgehead atoms. The Kier molecular flexibility index (Phi) is 22.6. The maximum Gasteiger partial charge on any atom is 0.371 e. The molecule has 0 aliphatic heterocycles. The molecule has 0 radical (unpaired) electrons. The number of carboxylic acid groups (broad SMARTS) is 2. The van der Waals surface area contributed by atoms with Crippen molar-refractivity contribution in [3.8, 4) is 0 Å². The van der Waals surface area contributed by atoms with Crippen molar-refractivity contribution in [2.45, 2.75) is 87.7 Å². The van der Waals surface area contributed by atoms with Crippen LogP contribution in [0.2, 0.25) is 0 Å². The first-order chi connectivity index (χ1) is 17.5. The van der Waals surface area contributed by atoms with Gasteiger partial charge in [0.25, 0.3) is 0 Å². The average Bonchev–Trinajstić information content (AvgIpc) is 3.44. The zero-order valence-electron chi connectivity index (χ0n) is 20.7. The second-order valence-electron chi connectivity index (χ2n) is 8.84. The van der Waals surface area contributed by atoms with E-state index in [-0.39, 0.29) is 35.5 Å². The minimum absolute atomic E-state index is 0. The van der Waals surface area contributed by atoms with Gasteiger partial charge in [-0.3, -0.25) is 0 Å². The van der Waals surface area contributed by atoms with Crippen molar-refractivity contribution >= 4 is 76.2 Å². The predicted molar refractivity (Wildman–Crippen MR) is 185 cm³/mol. The predicted octanol–water partition coefficient (Wildman–Crippen LogP) is 10.4. The van der Waals surface area contributed by atoms with Crippen molar-refractivity contribution in [3.63, 3.8) is 0 Å². The van der Waals surface area contributed by atoms with Gasteiger partial charge in [-0.2, -0.15) is 0 Å². The molecule has 4 aromatic rings. The normalized spacial score (nSPS) is 11.9. The number of furan rings is 1. The first-order valence-electron chi connectivity index (χ1n) is 11.8. The Balaban J connectivity index is -0.000000489. The molecule has 10 heteroatoms. The number of nitrogens with two attached hydrogens (primary N) is 2. The third-order valence-corrected chi connectivity index (χ3v) is 7.11. The number of carbonyl (C=O) groups is 2. The number of fused-ring (bicyclic) bond motifs is 2. The SMILES string of the molecule is C.C.C.C.CC(C)N.NC1CCCCC1.O=C(O)c1cc2ccc(Br)cc2o1.O=C(O)c1cc2ccc(Br)cc2s1. The van der Waals surface area contributed by atoms with Crippen LogP contribution in [0.4, 0.5) is 0 Å². The number of benzene rings is 2. The standard InChI is InChI=1S/C9H5BrO3.C9H5BrO2S.C6H13N.C3H9N.4CH4/c2*10-6-2-1-5-3-8(9(11)12)13-7(5)4-6;7-6-4-2-1-3-5-6;1-3(2)4;;;;/h2*1-4H,(H,11,12);6H,1-5,7H2;3H,4H2,1-2H3;4*1H4. The Morgan fingerprint density at radius 2 is 1.37 bits per heavy atom. The molecule has 232 valence electrons. The Morgan fingerprint density at radius 1 is 0.854 bits per heavy atom. The number of thiophene rings is 1. The van der Waals surface area contributed by atoms with Crippen molar-refractivity contribution < 1.29 is 24.2 Å². The van der Waals surface area contributed by atoms with E-state index in [1.165, 1.54) is 49.5 Å². The van der Waals surface area contributed by atoms with E-state index in [2.05, 4.69) is 31.9 Å². The van der Waals surface area contributed by atoms with Crippen LogP contribution < -0.4 is 11.5 Å². The lowest BCUT2D eigenvalue weighted by Gasteiger charge is -2.15. The molecule has 7 nitrogen and oxygen atoms in total. The second kappa shape index (κ2) is 21.5. The fourth-order valence-corrected chi connectivity index (χ4v) is 5.15. The monoisotopic (exact) mass is 718 g/mol. The number of halogens is 2. The van der Waals surface area contributed by atoms with E-state index in [4.69, 9.17) is 26.1 Å². The highest BCUT2D eigenvalue weighted by Gasteiger charge is 2.10. The van der Waals surface area contributed by atoms with Gasteiger partial charge in [-0.25, -0.2) is 9.59 Å². The molecule has 0 atom stereocenters. The molecule has 2 heterocycles. The highest BCUT2D eigenvalue weighted by Crippen LogP contribution is 2.28. The second-order valence-corrected chi connectivity index (χ2v) is 11.8. The van der Waals surface area contributed by atoms with Crippen LogP contribution in [-0.4, -0.2) is 34.2 Å². The maximum atomic E-state index is 10.7. The van der Waals surface area contributed by atoms with E-state index >= 15 is 0 Å². The van der Waals surface area contributed by atoms with Crippen LogP contribution >= 0.6 is 43.2 Å². The van der Waals surface area contributed by atoms with Crippen LogP contribution in [-0.2, 0) is 0 Å². The van der Waals surface area contributed by atoms with Gasteiger partial charge in [-0.05, 0) is 66.7 Å². The molecule has 5 rings (SSSR count).